The van der Waals surface area contributed by atoms with Gasteiger partial charge in [0.05, 0.1) is 24.3 Å². The van der Waals surface area contributed by atoms with Crippen molar-refractivity contribution in [2.45, 2.75) is 23.2 Å². The van der Waals surface area contributed by atoms with Crippen LogP contribution in [-0.4, -0.2) is 33.5 Å². The fraction of sp³-hybridized carbons (Fsp3) is 0.227. The summed E-state index contributed by atoms with van der Waals surface area (Å²) in [5, 5.41) is 12.6. The van der Waals surface area contributed by atoms with Crippen molar-refractivity contribution < 1.29 is 9.53 Å². The molecule has 31 heavy (non-hydrogen) atoms. The lowest BCUT2D eigenvalue weighted by Crippen LogP contribution is -2.15. The maximum atomic E-state index is 12.5. The molecule has 1 heterocycles. The summed E-state index contributed by atoms with van der Waals surface area (Å²) in [6.07, 6.45) is 1.80. The maximum Gasteiger partial charge on any atom is 0.234 e. The third-order valence-electron chi connectivity index (χ3n) is 4.22. The molecule has 162 valence electrons. The lowest BCUT2D eigenvalue weighted by Gasteiger charge is -2.11. The number of hydrogen-bond donors (Lipinski definition) is 1. The van der Waals surface area contributed by atoms with Crippen LogP contribution in [0, 0.1) is 0 Å². The fourth-order valence-corrected chi connectivity index (χ4v) is 4.64. The fourth-order valence-electron chi connectivity index (χ4n) is 2.77. The number of nitrogens with zero attached hydrogens (tertiary/aromatic N) is 3. The normalized spacial score (nSPS) is 10.6. The van der Waals surface area contributed by atoms with Crippen molar-refractivity contribution in [2.75, 3.05) is 18.2 Å². The summed E-state index contributed by atoms with van der Waals surface area (Å²) in [5.41, 5.74) is 1.80. The number of rotatable bonds is 11. The largest absolute Gasteiger partial charge is 0.495 e. The van der Waals surface area contributed by atoms with E-state index in [-0.39, 0.29) is 11.7 Å². The Morgan fingerprint density at radius 2 is 2.03 bits per heavy atom. The number of anilines is 1. The van der Waals surface area contributed by atoms with E-state index in [9.17, 15) is 4.79 Å². The van der Waals surface area contributed by atoms with Crippen LogP contribution in [0.1, 0.15) is 11.4 Å². The number of aromatic nitrogens is 3. The van der Waals surface area contributed by atoms with Crippen LogP contribution in [0.5, 0.6) is 5.75 Å². The van der Waals surface area contributed by atoms with Gasteiger partial charge in [0.25, 0.3) is 0 Å². The predicted octanol–water partition coefficient (Wildman–Crippen LogP) is 5.29. The molecule has 1 aromatic heterocycles. The van der Waals surface area contributed by atoms with E-state index in [0.717, 1.165) is 17.3 Å². The smallest absolute Gasteiger partial charge is 0.234 e. The first-order valence-electron chi connectivity index (χ1n) is 9.51. The lowest BCUT2D eigenvalue weighted by atomic mass is 10.2. The van der Waals surface area contributed by atoms with E-state index < -0.39 is 0 Å². The number of thioether (sulfide) groups is 2. The molecule has 3 rings (SSSR count). The number of amides is 1. The molecule has 0 aliphatic heterocycles. The predicted molar refractivity (Wildman–Crippen MR) is 129 cm³/mol. The van der Waals surface area contributed by atoms with Crippen molar-refractivity contribution in [3.05, 3.63) is 77.6 Å². The summed E-state index contributed by atoms with van der Waals surface area (Å²) in [7, 11) is 1.54. The van der Waals surface area contributed by atoms with Gasteiger partial charge in [-0.1, -0.05) is 59.8 Å². The number of ether oxygens (including phenoxy) is 1. The second-order valence-corrected chi connectivity index (χ2v) is 8.82. The van der Waals surface area contributed by atoms with E-state index in [1.165, 1.54) is 17.3 Å². The minimum absolute atomic E-state index is 0.182. The Morgan fingerprint density at radius 3 is 2.77 bits per heavy atom. The zero-order chi connectivity index (χ0) is 22.1. The summed E-state index contributed by atoms with van der Waals surface area (Å²) in [6, 6.07) is 15.4. The Bertz CT molecular complexity index is 1030. The van der Waals surface area contributed by atoms with Crippen LogP contribution in [0.25, 0.3) is 0 Å². The molecule has 0 radical (unpaired) electrons. The number of carbonyl (C=O) groups excluding carboxylic acids is 1. The van der Waals surface area contributed by atoms with Crippen LogP contribution in [0.15, 0.2) is 66.3 Å². The highest BCUT2D eigenvalue weighted by Crippen LogP contribution is 2.28. The maximum absolute atomic E-state index is 12.5. The van der Waals surface area contributed by atoms with Gasteiger partial charge in [-0.3, -0.25) is 4.79 Å². The van der Waals surface area contributed by atoms with Crippen LogP contribution in [0.3, 0.4) is 0 Å². The van der Waals surface area contributed by atoms with Gasteiger partial charge in [0.1, 0.15) is 11.6 Å². The Kier molecular flexibility index (Phi) is 8.87. The molecule has 6 nitrogen and oxygen atoms in total. The van der Waals surface area contributed by atoms with E-state index in [1.54, 1.807) is 43.1 Å². The molecule has 1 N–H and O–H groups in total. The summed E-state index contributed by atoms with van der Waals surface area (Å²) < 4.78 is 7.26. The molecule has 0 unspecified atom stereocenters. The number of nitrogens with one attached hydrogen (secondary N) is 1. The summed E-state index contributed by atoms with van der Waals surface area (Å²) in [6.45, 7) is 4.41. The van der Waals surface area contributed by atoms with Crippen LogP contribution >= 0.6 is 35.1 Å². The third kappa shape index (κ3) is 6.78. The van der Waals surface area contributed by atoms with Gasteiger partial charge in [0, 0.05) is 17.3 Å². The first kappa shape index (κ1) is 23.2. The quantitative estimate of drug-likeness (QED) is 0.301. The average molecular weight is 475 g/mol. The van der Waals surface area contributed by atoms with E-state index >= 15 is 0 Å². The topological polar surface area (TPSA) is 69.0 Å². The zero-order valence-electron chi connectivity index (χ0n) is 17.1. The number of hydrogen-bond acceptors (Lipinski definition) is 6. The molecule has 0 spiro atoms. The van der Waals surface area contributed by atoms with E-state index in [1.807, 2.05) is 22.8 Å². The van der Waals surface area contributed by atoms with Gasteiger partial charge in [0.15, 0.2) is 5.16 Å². The number of methoxy groups -OCH3 is 1. The molecule has 0 aliphatic carbocycles. The highest BCUT2D eigenvalue weighted by Gasteiger charge is 2.15. The van der Waals surface area contributed by atoms with Gasteiger partial charge in [-0.2, -0.15) is 0 Å². The molecule has 0 aliphatic rings. The van der Waals surface area contributed by atoms with Crippen LogP contribution < -0.4 is 10.1 Å². The molecule has 0 bridgehead atoms. The minimum atomic E-state index is -0.182. The third-order valence-corrected chi connectivity index (χ3v) is 6.42. The van der Waals surface area contributed by atoms with Crippen molar-refractivity contribution in [2.24, 2.45) is 0 Å². The minimum Gasteiger partial charge on any atom is -0.495 e. The molecule has 9 heteroatoms. The van der Waals surface area contributed by atoms with Crippen LogP contribution in [0.4, 0.5) is 5.69 Å². The van der Waals surface area contributed by atoms with E-state index in [4.69, 9.17) is 16.3 Å². The Balaban J connectivity index is 1.59. The summed E-state index contributed by atoms with van der Waals surface area (Å²) >= 11 is 9.13. The molecule has 2 aromatic carbocycles. The highest BCUT2D eigenvalue weighted by atomic mass is 35.5. The highest BCUT2D eigenvalue weighted by molar-refractivity contribution is 7.99. The molecular formula is C22H23ClN4O2S2. The molecule has 0 atom stereocenters. The molecule has 1 amide bonds. The Morgan fingerprint density at radius 1 is 1.23 bits per heavy atom. The van der Waals surface area contributed by atoms with Crippen LogP contribution in [-0.2, 0) is 22.8 Å². The number of benzene rings is 2. The van der Waals surface area contributed by atoms with Gasteiger partial charge in [-0.15, -0.1) is 28.5 Å². The van der Waals surface area contributed by atoms with E-state index in [0.29, 0.717) is 28.2 Å². The van der Waals surface area contributed by atoms with Gasteiger partial charge in [0.2, 0.25) is 5.91 Å². The molecule has 0 saturated carbocycles. The first-order valence-corrected chi connectivity index (χ1v) is 12.0. The van der Waals surface area contributed by atoms with Gasteiger partial charge >= 0.3 is 0 Å². The van der Waals surface area contributed by atoms with Crippen LogP contribution in [0.2, 0.25) is 5.02 Å². The SMILES string of the molecule is C=CCn1c(CSCc2ccccc2)nnc1SCC(=O)Nc1cc(Cl)ccc1OC. The molecule has 0 fully saturated rings. The van der Waals surface area contributed by atoms with Crippen molar-refractivity contribution in [3.63, 3.8) is 0 Å². The van der Waals surface area contributed by atoms with Crippen molar-refractivity contribution in [1.82, 2.24) is 14.8 Å². The second kappa shape index (κ2) is 11.8. The van der Waals surface area contributed by atoms with Crippen molar-refractivity contribution in [3.8, 4) is 5.75 Å². The van der Waals surface area contributed by atoms with Crippen molar-refractivity contribution >= 4 is 46.7 Å². The second-order valence-electron chi connectivity index (χ2n) is 6.46. The van der Waals surface area contributed by atoms with Gasteiger partial charge in [-0.25, -0.2) is 0 Å². The zero-order valence-corrected chi connectivity index (χ0v) is 19.5. The van der Waals surface area contributed by atoms with E-state index in [2.05, 4.69) is 34.2 Å². The molecule has 0 saturated heterocycles. The Labute approximate surface area is 195 Å². The number of halogens is 1. The van der Waals surface area contributed by atoms with Crippen molar-refractivity contribution in [1.29, 1.82) is 0 Å². The van der Waals surface area contributed by atoms with Gasteiger partial charge < -0.3 is 14.6 Å². The summed E-state index contributed by atoms with van der Waals surface area (Å²) in [5.74, 6) is 3.03. The summed E-state index contributed by atoms with van der Waals surface area (Å²) in [4.78, 5) is 12.5. The Hall–Kier alpha value is -2.42. The average Bonchev–Trinajstić information content (AvgIpc) is 3.15. The molecular weight excluding hydrogens is 452 g/mol. The standard InChI is InChI=1S/C22H23ClN4O2S2/c1-3-11-27-20(14-30-13-16-7-5-4-6-8-16)25-26-22(27)31-15-21(28)24-18-12-17(23)9-10-19(18)29-2/h3-10,12H,1,11,13-15H2,2H3,(H,24,28). The number of carbonyl (C=O) groups is 1. The monoisotopic (exact) mass is 474 g/mol. The lowest BCUT2D eigenvalue weighted by molar-refractivity contribution is -0.113. The van der Waals surface area contributed by atoms with Gasteiger partial charge in [-0.05, 0) is 23.8 Å². The number of allylic oxidation sites excluding steroid dienone is 1. The molecule has 3 aromatic rings. The first-order chi connectivity index (χ1) is 15.1.